The van der Waals surface area contributed by atoms with Crippen LogP contribution in [0.25, 0.3) is 16.7 Å². The third kappa shape index (κ3) is 4.77. The van der Waals surface area contributed by atoms with Gasteiger partial charge in [-0.2, -0.15) is 0 Å². The minimum absolute atomic E-state index is 0.0772. The van der Waals surface area contributed by atoms with Crippen LogP contribution >= 0.6 is 23.8 Å². The van der Waals surface area contributed by atoms with Gasteiger partial charge in [0, 0.05) is 23.8 Å². The Morgan fingerprint density at radius 1 is 1.09 bits per heavy atom. The Morgan fingerprint density at radius 2 is 1.72 bits per heavy atom. The molecule has 8 nitrogen and oxygen atoms in total. The Morgan fingerprint density at radius 3 is 2.31 bits per heavy atom. The van der Waals surface area contributed by atoms with E-state index in [1.807, 2.05) is 6.92 Å². The highest BCUT2D eigenvalue weighted by Gasteiger charge is 2.26. The average molecular weight is 523 g/mol. The molecule has 1 saturated heterocycles. The van der Waals surface area contributed by atoms with Crippen molar-refractivity contribution in [2.24, 2.45) is 5.92 Å². The van der Waals surface area contributed by atoms with E-state index in [1.165, 1.54) is 0 Å². The maximum absolute atomic E-state index is 11.0. The van der Waals surface area contributed by atoms with Gasteiger partial charge < -0.3 is 19.3 Å². The minimum atomic E-state index is -4.43. The molecular formula is C22H28BrN4O4P. The first-order chi connectivity index (χ1) is 15.0. The van der Waals surface area contributed by atoms with Crippen LogP contribution in [0.2, 0.25) is 0 Å². The van der Waals surface area contributed by atoms with Crippen LogP contribution in [0.1, 0.15) is 35.4 Å². The lowest BCUT2D eigenvalue weighted by atomic mass is 9.98. The zero-order valence-electron chi connectivity index (χ0n) is 18.7. The predicted octanol–water partition coefficient (Wildman–Crippen LogP) is 4.74. The minimum Gasteiger partial charge on any atom is -0.356 e. The highest BCUT2D eigenvalue weighted by atomic mass is 79.9. The summed E-state index contributed by atoms with van der Waals surface area (Å²) in [5.41, 5.74) is 5.47. The molecule has 1 aliphatic heterocycles. The van der Waals surface area contributed by atoms with Crippen molar-refractivity contribution in [3.8, 4) is 5.69 Å². The van der Waals surface area contributed by atoms with Gasteiger partial charge in [0.05, 0.1) is 17.7 Å². The molecule has 32 heavy (non-hydrogen) atoms. The van der Waals surface area contributed by atoms with E-state index in [0.717, 1.165) is 69.6 Å². The largest absolute Gasteiger partial charge is 0.469 e. The number of nitrogens with zero attached hydrogens (tertiary/aromatic N) is 4. The van der Waals surface area contributed by atoms with Crippen molar-refractivity contribution < 1.29 is 18.9 Å². The van der Waals surface area contributed by atoms with Gasteiger partial charge in [0.25, 0.3) is 0 Å². The van der Waals surface area contributed by atoms with Gasteiger partial charge in [0.2, 0.25) is 0 Å². The molecule has 0 amide bonds. The van der Waals surface area contributed by atoms with Crippen LogP contribution in [-0.4, -0.2) is 44.0 Å². The monoisotopic (exact) mass is 522 g/mol. The van der Waals surface area contributed by atoms with Crippen molar-refractivity contribution in [1.82, 2.24) is 14.5 Å². The number of phosphoric ester groups is 1. The van der Waals surface area contributed by atoms with Crippen LogP contribution in [0.3, 0.4) is 0 Å². The summed E-state index contributed by atoms with van der Waals surface area (Å²) >= 11 is 3.58. The topological polar surface area (TPSA) is 101 Å². The Labute approximate surface area is 196 Å². The molecular weight excluding hydrogens is 495 g/mol. The SMILES string of the molecule is Cc1nc(N2CCC(COP(=O)(O)O)CC2)c2c(C)cn(-c3c(C)cc(Br)cc3C)c2n1. The molecule has 0 radical (unpaired) electrons. The second kappa shape index (κ2) is 8.88. The molecule has 2 aromatic heterocycles. The number of phosphoric acid groups is 1. The standard InChI is InChI=1S/C22H28BrN4O4P/c1-13-9-18(23)10-14(2)20(13)27-11-15(3)19-21(24-16(4)25-22(19)27)26-7-5-17(6-8-26)12-31-32(28,29)30/h9-11,17H,5-8,12H2,1-4H3,(H2,28,29,30). The summed E-state index contributed by atoms with van der Waals surface area (Å²) in [6, 6.07) is 4.23. The Kier molecular flexibility index (Phi) is 6.49. The summed E-state index contributed by atoms with van der Waals surface area (Å²) in [6.45, 7) is 9.79. The van der Waals surface area contributed by atoms with Crippen LogP contribution in [0.4, 0.5) is 5.82 Å². The van der Waals surface area contributed by atoms with E-state index >= 15 is 0 Å². The number of hydrogen-bond donors (Lipinski definition) is 2. The van der Waals surface area contributed by atoms with Gasteiger partial charge >= 0.3 is 7.82 Å². The maximum Gasteiger partial charge on any atom is 0.469 e. The predicted molar refractivity (Wildman–Crippen MR) is 128 cm³/mol. The number of aryl methyl sites for hydroxylation is 4. The van der Waals surface area contributed by atoms with Crippen molar-refractivity contribution in [3.63, 3.8) is 0 Å². The quantitative estimate of drug-likeness (QED) is 0.466. The van der Waals surface area contributed by atoms with Crippen LogP contribution in [-0.2, 0) is 9.09 Å². The number of anilines is 1. The molecule has 2 N–H and O–H groups in total. The first-order valence-electron chi connectivity index (χ1n) is 10.6. The number of hydrogen-bond acceptors (Lipinski definition) is 5. The summed E-state index contributed by atoms with van der Waals surface area (Å²) in [6.07, 6.45) is 3.70. The third-order valence-corrected chi connectivity index (χ3v) is 6.96. The molecule has 0 bridgehead atoms. The van der Waals surface area contributed by atoms with Crippen molar-refractivity contribution in [2.75, 3.05) is 24.6 Å². The van der Waals surface area contributed by atoms with Gasteiger partial charge in [-0.15, -0.1) is 0 Å². The van der Waals surface area contributed by atoms with E-state index in [1.54, 1.807) is 0 Å². The second-order valence-corrected chi connectivity index (χ2v) is 10.7. The molecule has 0 aliphatic carbocycles. The van der Waals surface area contributed by atoms with Crippen LogP contribution < -0.4 is 4.90 Å². The molecule has 172 valence electrons. The van der Waals surface area contributed by atoms with Gasteiger partial charge in [-0.25, -0.2) is 14.5 Å². The Balaban J connectivity index is 1.69. The molecule has 3 heterocycles. The van der Waals surface area contributed by atoms with E-state index in [2.05, 4.69) is 64.5 Å². The lowest BCUT2D eigenvalue weighted by molar-refractivity contribution is 0.156. The highest BCUT2D eigenvalue weighted by molar-refractivity contribution is 9.10. The number of halogens is 1. The third-order valence-electron chi connectivity index (χ3n) is 6.02. The van der Waals surface area contributed by atoms with Crippen LogP contribution in [0.5, 0.6) is 0 Å². The summed E-state index contributed by atoms with van der Waals surface area (Å²) in [5.74, 6) is 1.76. The van der Waals surface area contributed by atoms with Crippen molar-refractivity contribution in [1.29, 1.82) is 0 Å². The van der Waals surface area contributed by atoms with Crippen molar-refractivity contribution >= 4 is 40.6 Å². The van der Waals surface area contributed by atoms with Crippen LogP contribution in [0, 0.1) is 33.6 Å². The maximum atomic E-state index is 11.0. The van der Waals surface area contributed by atoms with Crippen molar-refractivity contribution in [2.45, 2.75) is 40.5 Å². The number of piperidine rings is 1. The van der Waals surface area contributed by atoms with E-state index in [4.69, 9.17) is 24.3 Å². The van der Waals surface area contributed by atoms with Gasteiger partial charge in [0.15, 0.2) is 5.65 Å². The summed E-state index contributed by atoms with van der Waals surface area (Å²) in [7, 11) is -4.43. The summed E-state index contributed by atoms with van der Waals surface area (Å²) in [4.78, 5) is 29.8. The number of fused-ring (bicyclic) bond motifs is 1. The zero-order chi connectivity index (χ0) is 23.2. The molecule has 0 saturated carbocycles. The molecule has 1 aromatic carbocycles. The fourth-order valence-electron chi connectivity index (χ4n) is 4.59. The molecule has 10 heteroatoms. The molecule has 0 unspecified atom stereocenters. The second-order valence-electron chi connectivity index (χ2n) is 8.58. The molecule has 1 aliphatic rings. The average Bonchev–Trinajstić information content (AvgIpc) is 3.01. The number of benzene rings is 1. The molecule has 4 rings (SSSR count). The van der Waals surface area contributed by atoms with E-state index in [9.17, 15) is 4.57 Å². The highest BCUT2D eigenvalue weighted by Crippen LogP contribution is 2.38. The van der Waals surface area contributed by atoms with E-state index in [-0.39, 0.29) is 12.5 Å². The zero-order valence-corrected chi connectivity index (χ0v) is 21.2. The van der Waals surface area contributed by atoms with Gasteiger partial charge in [-0.1, -0.05) is 15.9 Å². The molecule has 0 spiro atoms. The van der Waals surface area contributed by atoms with Gasteiger partial charge in [0.1, 0.15) is 11.6 Å². The smallest absolute Gasteiger partial charge is 0.356 e. The normalized spacial score (nSPS) is 15.7. The first kappa shape index (κ1) is 23.4. The number of aromatic nitrogens is 3. The Bertz CT molecular complexity index is 1190. The number of rotatable bonds is 5. The fraction of sp³-hybridized carbons (Fsp3) is 0.455. The molecule has 1 fully saturated rings. The fourth-order valence-corrected chi connectivity index (χ4v) is 5.68. The molecule has 3 aromatic rings. The lowest BCUT2D eigenvalue weighted by Gasteiger charge is -2.33. The van der Waals surface area contributed by atoms with Gasteiger partial charge in [-0.3, -0.25) is 4.52 Å². The summed E-state index contributed by atoms with van der Waals surface area (Å²) < 4.78 is 18.9. The Hall–Kier alpha value is -1.77. The van der Waals surface area contributed by atoms with E-state index in [0.29, 0.717) is 5.82 Å². The molecule has 0 atom stereocenters. The van der Waals surface area contributed by atoms with Crippen molar-refractivity contribution in [3.05, 3.63) is 45.3 Å². The summed E-state index contributed by atoms with van der Waals surface area (Å²) in [5, 5.41) is 1.04. The lowest BCUT2D eigenvalue weighted by Crippen LogP contribution is -2.35. The first-order valence-corrected chi connectivity index (χ1v) is 12.9. The van der Waals surface area contributed by atoms with Gasteiger partial charge in [-0.05, 0) is 75.3 Å². The van der Waals surface area contributed by atoms with Crippen LogP contribution in [0.15, 0.2) is 22.8 Å². The van der Waals surface area contributed by atoms with E-state index < -0.39 is 7.82 Å².